The lowest BCUT2D eigenvalue weighted by Crippen LogP contribution is -2.30. The first kappa shape index (κ1) is 14.1. The average molecular weight is 309 g/mol. The smallest absolute Gasteiger partial charge is 0.138 e. The lowest BCUT2D eigenvalue weighted by atomic mass is 9.99. The van der Waals surface area contributed by atoms with Gasteiger partial charge in [-0.2, -0.15) is 5.10 Å². The molecule has 7 nitrogen and oxygen atoms in total. The van der Waals surface area contributed by atoms with E-state index in [1.165, 1.54) is 5.56 Å². The molecule has 1 aromatic carbocycles. The summed E-state index contributed by atoms with van der Waals surface area (Å²) in [6.45, 7) is 2.81. The number of nitrogens with zero attached hydrogens (tertiary/aromatic N) is 6. The van der Waals surface area contributed by atoms with Crippen LogP contribution in [0.2, 0.25) is 0 Å². The second-order valence-corrected chi connectivity index (χ2v) is 5.90. The quantitative estimate of drug-likeness (QED) is 0.767. The van der Waals surface area contributed by atoms with Crippen LogP contribution in [0.5, 0.6) is 0 Å². The highest BCUT2D eigenvalue weighted by atomic mass is 15.3. The Morgan fingerprint density at radius 2 is 2.17 bits per heavy atom. The Kier molecular flexibility index (Phi) is 3.85. The van der Waals surface area contributed by atoms with E-state index < -0.39 is 0 Å². The molecule has 2 aromatic heterocycles. The normalized spacial score (nSPS) is 17.1. The molecular weight excluding hydrogens is 290 g/mol. The van der Waals surface area contributed by atoms with E-state index in [9.17, 15) is 0 Å². The van der Waals surface area contributed by atoms with Gasteiger partial charge in [0.15, 0.2) is 0 Å². The first-order valence-corrected chi connectivity index (χ1v) is 7.90. The van der Waals surface area contributed by atoms with Gasteiger partial charge in [0.2, 0.25) is 0 Å². The van der Waals surface area contributed by atoms with Crippen LogP contribution in [0.4, 0.5) is 0 Å². The largest absolute Gasteiger partial charge is 0.317 e. The molecule has 0 bridgehead atoms. The molecule has 4 rings (SSSR count). The van der Waals surface area contributed by atoms with Crippen molar-refractivity contribution in [3.63, 3.8) is 0 Å². The molecule has 0 radical (unpaired) electrons. The first-order valence-electron chi connectivity index (χ1n) is 7.90. The SMILES string of the molecule is c1ccc(-n2cncn2)c(CNCC2CCc3nncn3C2)c1. The lowest BCUT2D eigenvalue weighted by molar-refractivity contribution is 0.347. The number of hydrogen-bond acceptors (Lipinski definition) is 5. The Bertz CT molecular complexity index is 762. The van der Waals surface area contributed by atoms with Crippen LogP contribution in [0.1, 0.15) is 17.8 Å². The number of hydrogen-bond donors (Lipinski definition) is 1. The molecule has 118 valence electrons. The molecule has 1 aliphatic heterocycles. The van der Waals surface area contributed by atoms with Crippen LogP contribution in [0, 0.1) is 5.92 Å². The summed E-state index contributed by atoms with van der Waals surface area (Å²) in [7, 11) is 0. The molecule has 0 aliphatic carbocycles. The fraction of sp³-hybridized carbons (Fsp3) is 0.375. The van der Waals surface area contributed by atoms with Gasteiger partial charge in [0.05, 0.1) is 5.69 Å². The van der Waals surface area contributed by atoms with E-state index >= 15 is 0 Å². The van der Waals surface area contributed by atoms with Crippen molar-refractivity contribution >= 4 is 0 Å². The van der Waals surface area contributed by atoms with Crippen LogP contribution in [-0.4, -0.2) is 36.1 Å². The summed E-state index contributed by atoms with van der Waals surface area (Å²) >= 11 is 0. The highest BCUT2D eigenvalue weighted by Crippen LogP contribution is 2.18. The van der Waals surface area contributed by atoms with Gasteiger partial charge < -0.3 is 9.88 Å². The van der Waals surface area contributed by atoms with Crippen LogP contribution in [0.3, 0.4) is 0 Å². The fourth-order valence-electron chi connectivity index (χ4n) is 3.12. The zero-order chi connectivity index (χ0) is 15.5. The van der Waals surface area contributed by atoms with Crippen molar-refractivity contribution in [3.05, 3.63) is 54.6 Å². The monoisotopic (exact) mass is 309 g/mol. The van der Waals surface area contributed by atoms with Gasteiger partial charge in [0.25, 0.3) is 0 Å². The van der Waals surface area contributed by atoms with E-state index in [0.29, 0.717) is 5.92 Å². The minimum absolute atomic E-state index is 0.622. The number of nitrogens with one attached hydrogen (secondary N) is 1. The van der Waals surface area contributed by atoms with E-state index in [-0.39, 0.29) is 0 Å². The summed E-state index contributed by atoms with van der Waals surface area (Å²) in [5.74, 6) is 1.73. The van der Waals surface area contributed by atoms with Gasteiger partial charge in [-0.15, -0.1) is 10.2 Å². The van der Waals surface area contributed by atoms with Gasteiger partial charge in [-0.3, -0.25) is 0 Å². The van der Waals surface area contributed by atoms with Crippen LogP contribution in [0.25, 0.3) is 5.69 Å². The lowest BCUT2D eigenvalue weighted by Gasteiger charge is -2.23. The standard InChI is InChI=1S/C16H19N7/c1-2-4-15(23-11-18-10-20-23)14(3-1)8-17-7-13-5-6-16-21-19-12-22(16)9-13/h1-4,10-13,17H,5-9H2. The predicted molar refractivity (Wildman–Crippen MR) is 84.9 cm³/mol. The van der Waals surface area contributed by atoms with E-state index in [1.54, 1.807) is 17.3 Å². The third kappa shape index (κ3) is 3.00. The maximum absolute atomic E-state index is 4.22. The van der Waals surface area contributed by atoms with Crippen molar-refractivity contribution in [1.82, 2.24) is 34.8 Å². The Balaban J connectivity index is 1.37. The van der Waals surface area contributed by atoms with Crippen molar-refractivity contribution in [3.8, 4) is 5.69 Å². The number of aryl methyl sites for hydroxylation is 1. The molecule has 3 heterocycles. The van der Waals surface area contributed by atoms with Crippen molar-refractivity contribution in [2.75, 3.05) is 6.54 Å². The minimum atomic E-state index is 0.622. The van der Waals surface area contributed by atoms with Crippen LogP contribution >= 0.6 is 0 Å². The molecule has 1 atom stereocenters. The summed E-state index contributed by atoms with van der Waals surface area (Å²) < 4.78 is 3.97. The van der Waals surface area contributed by atoms with Crippen molar-refractivity contribution in [1.29, 1.82) is 0 Å². The third-order valence-electron chi connectivity index (χ3n) is 4.33. The molecule has 0 amide bonds. The number of fused-ring (bicyclic) bond motifs is 1. The third-order valence-corrected chi connectivity index (χ3v) is 4.33. The molecule has 0 saturated carbocycles. The maximum Gasteiger partial charge on any atom is 0.138 e. The number of rotatable bonds is 5. The highest BCUT2D eigenvalue weighted by Gasteiger charge is 2.19. The Labute approximate surface area is 134 Å². The second kappa shape index (κ2) is 6.29. The molecule has 1 N–H and O–H groups in total. The van der Waals surface area contributed by atoms with Crippen LogP contribution in [-0.2, 0) is 19.5 Å². The molecule has 7 heteroatoms. The highest BCUT2D eigenvalue weighted by molar-refractivity contribution is 5.39. The van der Waals surface area contributed by atoms with Gasteiger partial charge in [0.1, 0.15) is 24.8 Å². The molecule has 0 spiro atoms. The molecule has 3 aromatic rings. The van der Waals surface area contributed by atoms with E-state index in [0.717, 1.165) is 44.0 Å². The first-order chi connectivity index (χ1) is 11.4. The van der Waals surface area contributed by atoms with Crippen LogP contribution < -0.4 is 5.32 Å². The molecule has 23 heavy (non-hydrogen) atoms. The molecule has 1 aliphatic rings. The zero-order valence-electron chi connectivity index (χ0n) is 12.8. The zero-order valence-corrected chi connectivity index (χ0v) is 12.8. The van der Waals surface area contributed by atoms with Gasteiger partial charge in [-0.1, -0.05) is 18.2 Å². The summed E-state index contributed by atoms with van der Waals surface area (Å²) in [6.07, 6.45) is 7.30. The van der Waals surface area contributed by atoms with Gasteiger partial charge in [0, 0.05) is 19.5 Å². The van der Waals surface area contributed by atoms with Gasteiger partial charge in [-0.25, -0.2) is 9.67 Å². The van der Waals surface area contributed by atoms with Gasteiger partial charge >= 0.3 is 0 Å². The summed E-state index contributed by atoms with van der Waals surface area (Å²) in [5, 5.41) is 15.9. The molecule has 0 saturated heterocycles. The second-order valence-electron chi connectivity index (χ2n) is 5.90. The summed E-state index contributed by atoms with van der Waals surface area (Å²) in [6, 6.07) is 8.27. The van der Waals surface area contributed by atoms with Crippen molar-refractivity contribution in [2.45, 2.75) is 25.9 Å². The molecule has 1 unspecified atom stereocenters. The topological polar surface area (TPSA) is 73.5 Å². The number of aromatic nitrogens is 6. The Morgan fingerprint density at radius 1 is 1.22 bits per heavy atom. The molecular formula is C16H19N7. The fourth-order valence-corrected chi connectivity index (χ4v) is 3.12. The Morgan fingerprint density at radius 3 is 3.09 bits per heavy atom. The Hall–Kier alpha value is -2.54. The van der Waals surface area contributed by atoms with Crippen LogP contribution in [0.15, 0.2) is 43.2 Å². The van der Waals surface area contributed by atoms with E-state index in [1.807, 2.05) is 12.4 Å². The average Bonchev–Trinajstić information content (AvgIpc) is 3.26. The van der Waals surface area contributed by atoms with Gasteiger partial charge in [-0.05, 0) is 30.5 Å². The van der Waals surface area contributed by atoms with E-state index in [2.05, 4.69) is 48.4 Å². The summed E-state index contributed by atoms with van der Waals surface area (Å²) in [5.41, 5.74) is 2.29. The summed E-state index contributed by atoms with van der Waals surface area (Å²) in [4.78, 5) is 4.03. The number of benzene rings is 1. The minimum Gasteiger partial charge on any atom is -0.317 e. The number of para-hydroxylation sites is 1. The maximum atomic E-state index is 4.22. The molecule has 0 fully saturated rings. The van der Waals surface area contributed by atoms with E-state index in [4.69, 9.17) is 0 Å². The van der Waals surface area contributed by atoms with Crippen molar-refractivity contribution in [2.24, 2.45) is 5.92 Å². The van der Waals surface area contributed by atoms with Crippen molar-refractivity contribution < 1.29 is 0 Å². The predicted octanol–water partition coefficient (Wildman–Crippen LogP) is 1.21.